The number of aryl methyl sites for hydroxylation is 2. The van der Waals surface area contributed by atoms with Crippen molar-refractivity contribution < 1.29 is 18.0 Å². The Balaban J connectivity index is 1.45. The topological polar surface area (TPSA) is 63.1 Å². The van der Waals surface area contributed by atoms with Gasteiger partial charge in [-0.2, -0.15) is 18.3 Å². The Kier molecular flexibility index (Phi) is 5.13. The molecule has 0 spiro atoms. The first kappa shape index (κ1) is 20.2. The van der Waals surface area contributed by atoms with E-state index < -0.39 is 11.7 Å². The molecule has 0 aliphatic carbocycles. The van der Waals surface area contributed by atoms with Crippen molar-refractivity contribution in [1.82, 2.24) is 20.1 Å². The summed E-state index contributed by atoms with van der Waals surface area (Å²) in [5, 5.41) is 7.93. The van der Waals surface area contributed by atoms with Crippen LogP contribution in [0.1, 0.15) is 34.6 Å². The molecule has 30 heavy (non-hydrogen) atoms. The lowest BCUT2D eigenvalue weighted by Crippen LogP contribution is -2.44. The summed E-state index contributed by atoms with van der Waals surface area (Å²) in [5.74, 6) is -0.189. The van der Waals surface area contributed by atoms with E-state index in [9.17, 15) is 18.0 Å². The maximum absolute atomic E-state index is 13.0. The lowest BCUT2D eigenvalue weighted by Gasteiger charge is -2.34. The number of aromatic nitrogens is 3. The van der Waals surface area contributed by atoms with E-state index in [1.54, 1.807) is 17.8 Å². The lowest BCUT2D eigenvalue weighted by molar-refractivity contribution is -0.137. The molecule has 1 aliphatic heterocycles. The number of halogens is 3. The number of alkyl halides is 3. The smallest absolute Gasteiger partial charge is 0.371 e. The molecule has 1 aliphatic rings. The van der Waals surface area contributed by atoms with E-state index in [0.717, 1.165) is 36.4 Å². The molecule has 9 heteroatoms. The highest BCUT2D eigenvalue weighted by Crippen LogP contribution is 2.34. The zero-order valence-corrected chi connectivity index (χ0v) is 16.7. The number of benzene rings is 1. The summed E-state index contributed by atoms with van der Waals surface area (Å²) >= 11 is 0. The highest BCUT2D eigenvalue weighted by atomic mass is 19.4. The van der Waals surface area contributed by atoms with Gasteiger partial charge in [0.15, 0.2) is 0 Å². The molecule has 2 aromatic heterocycles. The fourth-order valence-corrected chi connectivity index (χ4v) is 3.78. The van der Waals surface area contributed by atoms with Crippen molar-refractivity contribution in [1.29, 1.82) is 0 Å². The minimum Gasteiger partial charge on any atom is -0.371 e. The molecule has 0 radical (unpaired) electrons. The number of fused-ring (bicyclic) bond motifs is 1. The maximum atomic E-state index is 13.0. The van der Waals surface area contributed by atoms with Gasteiger partial charge in [0.1, 0.15) is 5.69 Å². The Morgan fingerprint density at radius 3 is 2.53 bits per heavy atom. The van der Waals surface area contributed by atoms with E-state index in [0.29, 0.717) is 29.7 Å². The van der Waals surface area contributed by atoms with Gasteiger partial charge >= 0.3 is 6.18 Å². The fraction of sp³-hybridized carbons (Fsp3) is 0.381. The minimum atomic E-state index is -4.39. The van der Waals surface area contributed by atoms with Crippen LogP contribution in [0.4, 0.5) is 18.9 Å². The van der Waals surface area contributed by atoms with Crippen LogP contribution in [0.5, 0.6) is 0 Å². The summed E-state index contributed by atoms with van der Waals surface area (Å²) in [4.78, 5) is 18.7. The molecular formula is C21H22F3N5O. The number of piperidine rings is 1. The van der Waals surface area contributed by atoms with Crippen LogP contribution in [0.2, 0.25) is 0 Å². The summed E-state index contributed by atoms with van der Waals surface area (Å²) in [6.07, 6.45) is -1.38. The van der Waals surface area contributed by atoms with Crippen molar-refractivity contribution in [2.45, 2.75) is 32.0 Å². The van der Waals surface area contributed by atoms with Gasteiger partial charge in [0.05, 0.1) is 11.1 Å². The zero-order chi connectivity index (χ0) is 21.5. The Morgan fingerprint density at radius 1 is 1.17 bits per heavy atom. The van der Waals surface area contributed by atoms with Crippen molar-refractivity contribution >= 4 is 22.5 Å². The van der Waals surface area contributed by atoms with E-state index in [1.165, 1.54) is 12.3 Å². The first-order valence-corrected chi connectivity index (χ1v) is 9.75. The van der Waals surface area contributed by atoms with Gasteiger partial charge in [0.2, 0.25) is 0 Å². The molecule has 1 amide bonds. The van der Waals surface area contributed by atoms with Crippen LogP contribution >= 0.6 is 0 Å². The molecule has 1 N–H and O–H groups in total. The second-order valence-corrected chi connectivity index (χ2v) is 7.59. The third kappa shape index (κ3) is 3.96. The Hall–Kier alpha value is -3.10. The number of nitrogens with zero attached hydrogens (tertiary/aromatic N) is 4. The summed E-state index contributed by atoms with van der Waals surface area (Å²) in [7, 11) is 1.79. The fourth-order valence-electron chi connectivity index (χ4n) is 3.78. The van der Waals surface area contributed by atoms with Crippen molar-refractivity contribution in [2.24, 2.45) is 7.05 Å². The molecule has 0 atom stereocenters. The number of carbonyl (C=O) groups excluding carboxylic acids is 1. The molecule has 0 saturated carbocycles. The first-order chi connectivity index (χ1) is 14.2. The average Bonchev–Trinajstić information content (AvgIpc) is 3.06. The van der Waals surface area contributed by atoms with E-state index in [1.807, 2.05) is 13.0 Å². The number of carbonyl (C=O) groups is 1. The van der Waals surface area contributed by atoms with Gasteiger partial charge < -0.3 is 10.2 Å². The number of amides is 1. The molecule has 4 rings (SSSR count). The highest BCUT2D eigenvalue weighted by Gasteiger charge is 2.31. The van der Waals surface area contributed by atoms with Gasteiger partial charge in [-0.15, -0.1) is 0 Å². The SMILES string of the molecule is Cc1cc(C(=O)NC2CCN(c3ccnc4cc(C(F)(F)F)ccc34)CC2)nn1C. The Morgan fingerprint density at radius 2 is 1.90 bits per heavy atom. The molecule has 6 nitrogen and oxygen atoms in total. The van der Waals surface area contributed by atoms with Crippen LogP contribution in [0.3, 0.4) is 0 Å². The number of anilines is 1. The number of hydrogen-bond donors (Lipinski definition) is 1. The molecule has 3 aromatic rings. The van der Waals surface area contributed by atoms with E-state index in [2.05, 4.69) is 20.3 Å². The van der Waals surface area contributed by atoms with Crippen molar-refractivity contribution in [3.8, 4) is 0 Å². The van der Waals surface area contributed by atoms with Gasteiger partial charge in [0.25, 0.3) is 5.91 Å². The molecular weight excluding hydrogens is 395 g/mol. The summed E-state index contributed by atoms with van der Waals surface area (Å²) in [5.41, 5.74) is 1.79. The predicted octanol–water partition coefficient (Wildman–Crippen LogP) is 3.69. The van der Waals surface area contributed by atoms with Crippen LogP contribution in [-0.2, 0) is 13.2 Å². The van der Waals surface area contributed by atoms with Gasteiger partial charge in [0, 0.05) is 49.1 Å². The normalized spacial score (nSPS) is 15.6. The Labute approximate surface area is 171 Å². The quantitative estimate of drug-likeness (QED) is 0.706. The third-order valence-electron chi connectivity index (χ3n) is 5.56. The summed E-state index contributed by atoms with van der Waals surface area (Å²) in [6.45, 7) is 3.26. The van der Waals surface area contributed by atoms with E-state index in [-0.39, 0.29) is 11.9 Å². The van der Waals surface area contributed by atoms with Gasteiger partial charge in [-0.1, -0.05) is 6.07 Å². The number of hydrogen-bond acceptors (Lipinski definition) is 4. The maximum Gasteiger partial charge on any atom is 0.416 e. The molecule has 158 valence electrons. The van der Waals surface area contributed by atoms with E-state index in [4.69, 9.17) is 0 Å². The predicted molar refractivity (Wildman–Crippen MR) is 107 cm³/mol. The largest absolute Gasteiger partial charge is 0.416 e. The van der Waals surface area contributed by atoms with Crippen molar-refractivity contribution in [2.75, 3.05) is 18.0 Å². The number of nitrogens with one attached hydrogen (secondary N) is 1. The summed E-state index contributed by atoms with van der Waals surface area (Å²) in [6, 6.07) is 7.27. The lowest BCUT2D eigenvalue weighted by atomic mass is 10.0. The van der Waals surface area contributed by atoms with Crippen molar-refractivity contribution in [3.05, 3.63) is 53.5 Å². The van der Waals surface area contributed by atoms with Gasteiger partial charge in [-0.05, 0) is 44.0 Å². The van der Waals surface area contributed by atoms with Crippen LogP contribution in [0, 0.1) is 6.92 Å². The van der Waals surface area contributed by atoms with Gasteiger partial charge in [-0.25, -0.2) is 0 Å². The number of pyridine rings is 1. The van der Waals surface area contributed by atoms with Crippen LogP contribution in [0.25, 0.3) is 10.9 Å². The molecule has 0 bridgehead atoms. The van der Waals surface area contributed by atoms with E-state index >= 15 is 0 Å². The second-order valence-electron chi connectivity index (χ2n) is 7.59. The Bertz CT molecular complexity index is 1060. The van der Waals surface area contributed by atoms with Crippen molar-refractivity contribution in [3.63, 3.8) is 0 Å². The standard InChI is InChI=1S/C21H22F3N5O/c1-13-11-18(27-28(13)2)20(30)26-15-6-9-29(10-7-15)19-5-8-25-17-12-14(21(22,23)24)3-4-16(17)19/h3-5,8,11-12,15H,6-7,9-10H2,1-2H3,(H,26,30). The van der Waals surface area contributed by atoms with Crippen LogP contribution < -0.4 is 10.2 Å². The molecule has 1 aromatic carbocycles. The highest BCUT2D eigenvalue weighted by molar-refractivity contribution is 5.93. The van der Waals surface area contributed by atoms with Gasteiger partial charge in [-0.3, -0.25) is 14.5 Å². The second kappa shape index (κ2) is 7.62. The van der Waals surface area contributed by atoms with Crippen LogP contribution in [0.15, 0.2) is 36.5 Å². The minimum absolute atomic E-state index is 0.0287. The third-order valence-corrected chi connectivity index (χ3v) is 5.56. The van der Waals surface area contributed by atoms with Crippen LogP contribution in [-0.4, -0.2) is 39.8 Å². The average molecular weight is 417 g/mol. The number of rotatable bonds is 3. The molecule has 1 fully saturated rings. The molecule has 0 unspecified atom stereocenters. The summed E-state index contributed by atoms with van der Waals surface area (Å²) < 4.78 is 40.6. The zero-order valence-electron chi connectivity index (χ0n) is 16.7. The monoisotopic (exact) mass is 417 g/mol. The first-order valence-electron chi connectivity index (χ1n) is 9.75. The molecule has 3 heterocycles. The molecule has 1 saturated heterocycles.